The lowest BCUT2D eigenvalue weighted by atomic mass is 10.0. The summed E-state index contributed by atoms with van der Waals surface area (Å²) in [6.07, 6.45) is 9.61. The lowest BCUT2D eigenvalue weighted by Gasteiger charge is -2.24. The fraction of sp³-hybridized carbons (Fsp3) is 0.250. The monoisotopic (exact) mass is 391 g/mol. The van der Waals surface area contributed by atoms with Crippen molar-refractivity contribution in [1.82, 2.24) is 4.90 Å². The first-order chi connectivity index (χ1) is 14.0. The Balaban J connectivity index is 1.53. The standard InChI is InChI=1S/C24H25NO4/c1-18-10-12-20(13-11-18)24(28)22-9-5-15-25(22)14-3-2-6-19-7-4-8-21(16-19)29-17-23(26)27/h2,4-8,10-13,15-16,22H,3,9,14,17H2,1H3,(H,26,27)/b6-2+. The first kappa shape index (κ1) is 20.4. The number of carboxylic acid groups (broad SMARTS) is 1. The molecular formula is C24H25NO4. The van der Waals surface area contributed by atoms with Crippen LogP contribution < -0.4 is 4.74 Å². The minimum atomic E-state index is -1.00. The van der Waals surface area contributed by atoms with Gasteiger partial charge in [0.1, 0.15) is 5.75 Å². The number of carbonyl (C=O) groups excluding carboxylic acids is 1. The van der Waals surface area contributed by atoms with Crippen LogP contribution in [0, 0.1) is 6.92 Å². The van der Waals surface area contributed by atoms with E-state index in [-0.39, 0.29) is 18.4 Å². The van der Waals surface area contributed by atoms with E-state index in [4.69, 9.17) is 9.84 Å². The van der Waals surface area contributed by atoms with Crippen LogP contribution in [0.15, 0.2) is 66.9 Å². The molecule has 0 bridgehead atoms. The summed E-state index contributed by atoms with van der Waals surface area (Å²) in [5, 5.41) is 8.69. The molecular weight excluding hydrogens is 366 g/mol. The van der Waals surface area contributed by atoms with Gasteiger partial charge in [-0.1, -0.05) is 60.2 Å². The second-order valence-electron chi connectivity index (χ2n) is 7.05. The molecule has 1 N–H and O–H groups in total. The first-order valence-corrected chi connectivity index (χ1v) is 9.67. The molecule has 5 heteroatoms. The molecule has 150 valence electrons. The minimum absolute atomic E-state index is 0.140. The summed E-state index contributed by atoms with van der Waals surface area (Å²) in [5.41, 5.74) is 2.84. The number of aryl methyl sites for hydroxylation is 1. The van der Waals surface area contributed by atoms with Gasteiger partial charge in [0.15, 0.2) is 12.4 Å². The molecule has 5 nitrogen and oxygen atoms in total. The first-order valence-electron chi connectivity index (χ1n) is 9.67. The molecule has 1 aliphatic heterocycles. The number of ether oxygens (including phenoxy) is 1. The summed E-state index contributed by atoms with van der Waals surface area (Å²) in [7, 11) is 0. The Morgan fingerprint density at radius 1 is 1.21 bits per heavy atom. The van der Waals surface area contributed by atoms with Crippen LogP contribution in [0.5, 0.6) is 5.75 Å². The molecule has 0 saturated heterocycles. The number of rotatable bonds is 9. The maximum Gasteiger partial charge on any atom is 0.341 e. The maximum absolute atomic E-state index is 12.8. The second-order valence-corrected chi connectivity index (χ2v) is 7.05. The third-order valence-corrected chi connectivity index (χ3v) is 4.78. The number of benzene rings is 2. The molecule has 0 radical (unpaired) electrons. The molecule has 1 atom stereocenters. The zero-order valence-corrected chi connectivity index (χ0v) is 16.5. The number of hydrogen-bond acceptors (Lipinski definition) is 4. The smallest absolute Gasteiger partial charge is 0.341 e. The third kappa shape index (κ3) is 5.82. The Kier molecular flexibility index (Phi) is 6.85. The van der Waals surface area contributed by atoms with Crippen LogP contribution in [-0.2, 0) is 4.79 Å². The second kappa shape index (κ2) is 9.73. The third-order valence-electron chi connectivity index (χ3n) is 4.78. The summed E-state index contributed by atoms with van der Waals surface area (Å²) < 4.78 is 5.20. The topological polar surface area (TPSA) is 66.8 Å². The van der Waals surface area contributed by atoms with Gasteiger partial charge in [-0.2, -0.15) is 0 Å². The summed E-state index contributed by atoms with van der Waals surface area (Å²) in [6, 6.07) is 14.9. The van der Waals surface area contributed by atoms with Crippen molar-refractivity contribution in [2.75, 3.05) is 13.2 Å². The number of carboxylic acids is 1. The molecule has 0 aliphatic carbocycles. The molecule has 0 fully saturated rings. The van der Waals surface area contributed by atoms with Crippen molar-refractivity contribution < 1.29 is 19.4 Å². The number of hydrogen-bond donors (Lipinski definition) is 1. The largest absolute Gasteiger partial charge is 0.482 e. The van der Waals surface area contributed by atoms with Gasteiger partial charge in [0.25, 0.3) is 0 Å². The molecule has 3 rings (SSSR count). The number of aliphatic carboxylic acids is 1. The highest BCUT2D eigenvalue weighted by atomic mass is 16.5. The van der Waals surface area contributed by atoms with E-state index in [2.05, 4.69) is 11.0 Å². The van der Waals surface area contributed by atoms with Crippen LogP contribution in [0.2, 0.25) is 0 Å². The van der Waals surface area contributed by atoms with Gasteiger partial charge in [0, 0.05) is 12.1 Å². The molecule has 2 aromatic rings. The summed E-state index contributed by atoms with van der Waals surface area (Å²) >= 11 is 0. The van der Waals surface area contributed by atoms with E-state index in [1.807, 2.05) is 61.7 Å². The Morgan fingerprint density at radius 2 is 2.00 bits per heavy atom. The van der Waals surface area contributed by atoms with Crippen molar-refractivity contribution in [2.45, 2.75) is 25.8 Å². The van der Waals surface area contributed by atoms with Crippen LogP contribution in [-0.4, -0.2) is 41.0 Å². The summed E-state index contributed by atoms with van der Waals surface area (Å²) in [6.45, 7) is 2.41. The fourth-order valence-electron chi connectivity index (χ4n) is 3.26. The van der Waals surface area contributed by atoms with Crippen molar-refractivity contribution in [3.05, 3.63) is 83.6 Å². The molecule has 0 saturated carbocycles. The van der Waals surface area contributed by atoms with Gasteiger partial charge in [-0.15, -0.1) is 0 Å². The summed E-state index contributed by atoms with van der Waals surface area (Å²) in [4.78, 5) is 25.5. The quantitative estimate of drug-likeness (QED) is 0.645. The van der Waals surface area contributed by atoms with Gasteiger partial charge in [-0.05, 0) is 43.7 Å². The number of carbonyl (C=O) groups is 2. The van der Waals surface area contributed by atoms with Crippen molar-refractivity contribution in [1.29, 1.82) is 0 Å². The van der Waals surface area contributed by atoms with Crippen LogP contribution in [0.25, 0.3) is 6.08 Å². The zero-order chi connectivity index (χ0) is 20.6. The van der Waals surface area contributed by atoms with E-state index < -0.39 is 5.97 Å². The fourth-order valence-corrected chi connectivity index (χ4v) is 3.26. The average Bonchev–Trinajstić information content (AvgIpc) is 3.18. The molecule has 0 spiro atoms. The van der Waals surface area contributed by atoms with Crippen LogP contribution >= 0.6 is 0 Å². The Morgan fingerprint density at radius 3 is 2.76 bits per heavy atom. The van der Waals surface area contributed by atoms with E-state index in [1.54, 1.807) is 12.1 Å². The van der Waals surface area contributed by atoms with Gasteiger partial charge in [-0.25, -0.2) is 4.79 Å². The Hall–Kier alpha value is -3.34. The Bertz CT molecular complexity index is 915. The average molecular weight is 391 g/mol. The van der Waals surface area contributed by atoms with E-state index >= 15 is 0 Å². The molecule has 1 heterocycles. The lowest BCUT2D eigenvalue weighted by Crippen LogP contribution is -2.34. The lowest BCUT2D eigenvalue weighted by molar-refractivity contribution is -0.139. The molecule has 0 amide bonds. The summed E-state index contributed by atoms with van der Waals surface area (Å²) in [5.74, 6) is -0.317. The van der Waals surface area contributed by atoms with E-state index in [9.17, 15) is 9.59 Å². The van der Waals surface area contributed by atoms with E-state index in [0.29, 0.717) is 5.75 Å². The number of ketones is 1. The minimum Gasteiger partial charge on any atom is -0.482 e. The van der Waals surface area contributed by atoms with Crippen molar-refractivity contribution >= 4 is 17.8 Å². The maximum atomic E-state index is 12.8. The van der Waals surface area contributed by atoms with Gasteiger partial charge in [0.05, 0.1) is 6.04 Å². The van der Waals surface area contributed by atoms with Gasteiger partial charge >= 0.3 is 5.97 Å². The van der Waals surface area contributed by atoms with Crippen molar-refractivity contribution in [2.24, 2.45) is 0 Å². The molecule has 2 aromatic carbocycles. The van der Waals surface area contributed by atoms with Crippen LogP contribution in [0.4, 0.5) is 0 Å². The van der Waals surface area contributed by atoms with Crippen molar-refractivity contribution in [3.8, 4) is 5.75 Å². The predicted molar refractivity (Wildman–Crippen MR) is 113 cm³/mol. The molecule has 1 unspecified atom stereocenters. The molecule has 29 heavy (non-hydrogen) atoms. The van der Waals surface area contributed by atoms with E-state index in [0.717, 1.165) is 36.1 Å². The highest BCUT2D eigenvalue weighted by Gasteiger charge is 2.26. The highest BCUT2D eigenvalue weighted by Crippen LogP contribution is 2.20. The molecule has 0 aromatic heterocycles. The Labute approximate surface area is 170 Å². The van der Waals surface area contributed by atoms with Gasteiger partial charge < -0.3 is 14.7 Å². The SMILES string of the molecule is Cc1ccc(C(=O)C2CC=CN2CC/C=C/c2cccc(OCC(=O)O)c2)cc1. The normalized spacial score (nSPS) is 15.8. The van der Waals surface area contributed by atoms with E-state index in [1.165, 1.54) is 0 Å². The van der Waals surface area contributed by atoms with Gasteiger partial charge in [0.2, 0.25) is 0 Å². The number of Topliss-reactive ketones (excluding diaryl/α,β-unsaturated/α-hetero) is 1. The number of nitrogens with zero attached hydrogens (tertiary/aromatic N) is 1. The van der Waals surface area contributed by atoms with Crippen LogP contribution in [0.1, 0.15) is 34.3 Å². The predicted octanol–water partition coefficient (Wildman–Crippen LogP) is 4.33. The van der Waals surface area contributed by atoms with Gasteiger partial charge in [-0.3, -0.25) is 4.79 Å². The van der Waals surface area contributed by atoms with Crippen molar-refractivity contribution in [3.63, 3.8) is 0 Å². The zero-order valence-electron chi connectivity index (χ0n) is 16.5. The highest BCUT2D eigenvalue weighted by molar-refractivity contribution is 6.00. The molecule has 1 aliphatic rings. The van der Waals surface area contributed by atoms with Crippen LogP contribution in [0.3, 0.4) is 0 Å².